The van der Waals surface area contributed by atoms with E-state index in [0.29, 0.717) is 0 Å². The normalized spacial score (nSPS) is 11.0. The number of aryl methyl sites for hydroxylation is 2. The van der Waals surface area contributed by atoms with Gasteiger partial charge in [0.05, 0.1) is 11.0 Å². The van der Waals surface area contributed by atoms with E-state index in [9.17, 15) is 0 Å². The first-order valence-electron chi connectivity index (χ1n) is 15.4. The molecule has 0 aliphatic heterocycles. The highest BCUT2D eigenvalue weighted by Gasteiger charge is 2.19. The van der Waals surface area contributed by atoms with Crippen LogP contribution >= 0.6 is 0 Å². The van der Waals surface area contributed by atoms with Crippen molar-refractivity contribution in [1.82, 2.24) is 9.97 Å². The lowest BCUT2D eigenvalue weighted by Crippen LogP contribution is -2.02. The minimum atomic E-state index is 0.819. The van der Waals surface area contributed by atoms with Crippen molar-refractivity contribution in [2.45, 2.75) is 13.8 Å². The van der Waals surface area contributed by atoms with Gasteiger partial charge in [-0.05, 0) is 82.9 Å². The summed E-state index contributed by atoms with van der Waals surface area (Å²) in [6.45, 7) is 4.28. The van der Waals surface area contributed by atoms with Crippen LogP contribution < -0.4 is 10.6 Å². The molecule has 3 N–H and O–H groups in total. The molecule has 0 saturated heterocycles. The molecule has 0 amide bonds. The van der Waals surface area contributed by atoms with Gasteiger partial charge >= 0.3 is 0 Å². The van der Waals surface area contributed by atoms with Gasteiger partial charge in [0, 0.05) is 40.4 Å². The number of nitrogens with one attached hydrogen (secondary N) is 2. The Balaban J connectivity index is 0.00000166. The van der Waals surface area contributed by atoms with Crippen molar-refractivity contribution in [3.8, 4) is 11.1 Å². The third-order valence-corrected chi connectivity index (χ3v) is 8.48. The van der Waals surface area contributed by atoms with Crippen LogP contribution in [0.25, 0.3) is 54.5 Å². The number of aliphatic hydroxyl groups excluding tert-OH is 1. The van der Waals surface area contributed by atoms with Crippen molar-refractivity contribution >= 4 is 66.4 Å². The zero-order valence-corrected chi connectivity index (χ0v) is 26.0. The zero-order chi connectivity index (χ0) is 31.6. The summed E-state index contributed by atoms with van der Waals surface area (Å²) in [4.78, 5) is 10.0. The molecule has 46 heavy (non-hydrogen) atoms. The van der Waals surface area contributed by atoms with Crippen LogP contribution in [0.4, 0.5) is 23.0 Å². The molecule has 8 rings (SSSR count). The predicted molar refractivity (Wildman–Crippen MR) is 195 cm³/mol. The van der Waals surface area contributed by atoms with Crippen LogP contribution in [-0.2, 0) is 0 Å². The molecule has 8 aromatic rings. The summed E-state index contributed by atoms with van der Waals surface area (Å²) in [5.74, 6) is 1.64. The quantitative estimate of drug-likeness (QED) is 0.184. The molecule has 0 aliphatic rings. The van der Waals surface area contributed by atoms with Crippen molar-refractivity contribution in [2.24, 2.45) is 0 Å². The highest BCUT2D eigenvalue weighted by Crippen LogP contribution is 2.45. The molecule has 0 saturated carbocycles. The number of anilines is 4. The maximum Gasteiger partial charge on any atom is 0.131 e. The highest BCUT2D eigenvalue weighted by atomic mass is 16.2. The van der Waals surface area contributed by atoms with Crippen LogP contribution in [0, 0.1) is 13.8 Å². The first kappa shape index (κ1) is 29.0. The lowest BCUT2D eigenvalue weighted by atomic mass is 9.91. The van der Waals surface area contributed by atoms with E-state index in [4.69, 9.17) is 15.1 Å². The number of fused-ring (bicyclic) bond motifs is 4. The van der Waals surface area contributed by atoms with Crippen LogP contribution in [0.1, 0.15) is 11.1 Å². The molecule has 0 unspecified atom stereocenters. The summed E-state index contributed by atoms with van der Waals surface area (Å²) in [5.41, 5.74) is 8.54. The molecule has 224 valence electrons. The van der Waals surface area contributed by atoms with E-state index in [1.807, 2.05) is 12.1 Å². The first-order chi connectivity index (χ1) is 22.6. The molecule has 2 aromatic heterocycles. The summed E-state index contributed by atoms with van der Waals surface area (Å²) in [6, 6.07) is 46.7. The van der Waals surface area contributed by atoms with Gasteiger partial charge in [0.25, 0.3) is 0 Å². The third-order valence-electron chi connectivity index (χ3n) is 8.48. The fraction of sp³-hybridized carbons (Fsp3) is 0.0732. The molecule has 2 heterocycles. The largest absolute Gasteiger partial charge is 0.400 e. The summed E-state index contributed by atoms with van der Waals surface area (Å²) in [5, 5.41) is 21.5. The Bertz CT molecular complexity index is 2210. The molecule has 5 nitrogen and oxygen atoms in total. The Morgan fingerprint density at radius 3 is 1.24 bits per heavy atom. The Morgan fingerprint density at radius 1 is 0.435 bits per heavy atom. The van der Waals surface area contributed by atoms with E-state index < -0.39 is 0 Å². The van der Waals surface area contributed by atoms with Gasteiger partial charge in [-0.25, -0.2) is 9.97 Å². The average molecular weight is 599 g/mol. The van der Waals surface area contributed by atoms with E-state index in [1.165, 1.54) is 21.9 Å². The van der Waals surface area contributed by atoms with Crippen LogP contribution in [-0.4, -0.2) is 22.2 Å². The fourth-order valence-corrected chi connectivity index (χ4v) is 6.39. The maximum atomic E-state index is 7.00. The Kier molecular flexibility index (Phi) is 7.75. The summed E-state index contributed by atoms with van der Waals surface area (Å²) in [6.07, 6.45) is 0. The van der Waals surface area contributed by atoms with Crippen LogP contribution in [0.3, 0.4) is 0 Å². The summed E-state index contributed by atoms with van der Waals surface area (Å²) >= 11 is 0. The topological polar surface area (TPSA) is 70.1 Å². The number of nitrogens with zero attached hydrogens (tertiary/aromatic N) is 2. The number of benzene rings is 6. The van der Waals surface area contributed by atoms with Crippen LogP contribution in [0.15, 0.2) is 133 Å². The number of aliphatic hydroxyl groups is 1. The van der Waals surface area contributed by atoms with Gasteiger partial charge in [-0.3, -0.25) is 0 Å². The van der Waals surface area contributed by atoms with Crippen molar-refractivity contribution in [3.05, 3.63) is 145 Å². The third kappa shape index (κ3) is 5.27. The fourth-order valence-electron chi connectivity index (χ4n) is 6.39. The van der Waals surface area contributed by atoms with Gasteiger partial charge in [0.15, 0.2) is 0 Å². The van der Waals surface area contributed by atoms with E-state index >= 15 is 0 Å². The van der Waals surface area contributed by atoms with Gasteiger partial charge in [0.2, 0.25) is 0 Å². The number of pyridine rings is 2. The van der Waals surface area contributed by atoms with E-state index in [2.05, 4.69) is 146 Å². The summed E-state index contributed by atoms with van der Waals surface area (Å²) in [7, 11) is 1.00. The molecule has 0 fully saturated rings. The number of hydrogen-bond acceptors (Lipinski definition) is 5. The molecule has 5 heteroatoms. The number of para-hydroxylation sites is 2. The molecule has 0 bridgehead atoms. The Morgan fingerprint density at radius 2 is 0.804 bits per heavy atom. The number of rotatable bonds is 5. The molecular formula is C41H34N4O. The van der Waals surface area contributed by atoms with Gasteiger partial charge in [-0.2, -0.15) is 0 Å². The van der Waals surface area contributed by atoms with E-state index in [-0.39, 0.29) is 0 Å². The second kappa shape index (κ2) is 12.3. The SMILES string of the molecule is CO.Cc1cc(Nc2ccc3ccccc3c2-c2c(Nc3cc(C)c4ccccc4n3)ccc3ccccc23)nc2ccccc12. The first-order valence-corrected chi connectivity index (χ1v) is 15.4. The predicted octanol–water partition coefficient (Wildman–Crippen LogP) is 10.5. The monoisotopic (exact) mass is 598 g/mol. The second-order valence-corrected chi connectivity index (χ2v) is 11.4. The molecule has 0 spiro atoms. The summed E-state index contributed by atoms with van der Waals surface area (Å²) < 4.78 is 0. The zero-order valence-electron chi connectivity index (χ0n) is 26.0. The van der Waals surface area contributed by atoms with Crippen LogP contribution in [0.5, 0.6) is 0 Å². The van der Waals surface area contributed by atoms with Gasteiger partial charge in [0.1, 0.15) is 11.6 Å². The van der Waals surface area contributed by atoms with Gasteiger partial charge in [-0.1, -0.05) is 97.1 Å². The maximum absolute atomic E-state index is 7.00. The smallest absolute Gasteiger partial charge is 0.131 e. The molecule has 6 aromatic carbocycles. The Hall–Kier alpha value is -5.78. The van der Waals surface area contributed by atoms with Crippen molar-refractivity contribution < 1.29 is 5.11 Å². The number of aromatic nitrogens is 2. The van der Waals surface area contributed by atoms with Crippen LogP contribution in [0.2, 0.25) is 0 Å². The molecule has 0 atom stereocenters. The average Bonchev–Trinajstić information content (AvgIpc) is 3.09. The standard InChI is InChI=1S/C40H30N4.CH4O/c1-25-23-37(41-33-17-9-7-13-29(25)33)43-35-21-19-27-11-3-5-15-31(27)39(35)40-32-16-6-4-12-28(32)20-22-36(40)44-38-24-26(2)30-14-8-10-18-34(30)42-38;1-2/h3-24H,1-2H3,(H,41,43)(H,42,44);2H,1H3. The number of hydrogen-bond donors (Lipinski definition) is 3. The molecule has 0 radical (unpaired) electrons. The molecular weight excluding hydrogens is 564 g/mol. The minimum Gasteiger partial charge on any atom is -0.400 e. The minimum absolute atomic E-state index is 0.819. The van der Waals surface area contributed by atoms with Gasteiger partial charge in [-0.15, -0.1) is 0 Å². The van der Waals surface area contributed by atoms with E-state index in [1.54, 1.807) is 0 Å². The highest BCUT2D eigenvalue weighted by molar-refractivity contribution is 6.14. The van der Waals surface area contributed by atoms with Crippen molar-refractivity contribution in [3.63, 3.8) is 0 Å². The Labute approximate surface area is 268 Å². The lowest BCUT2D eigenvalue weighted by Gasteiger charge is -2.21. The van der Waals surface area contributed by atoms with Crippen molar-refractivity contribution in [1.29, 1.82) is 0 Å². The van der Waals surface area contributed by atoms with E-state index in [0.717, 1.165) is 73.8 Å². The van der Waals surface area contributed by atoms with Crippen molar-refractivity contribution in [2.75, 3.05) is 17.7 Å². The second-order valence-electron chi connectivity index (χ2n) is 11.4. The molecule has 0 aliphatic carbocycles. The van der Waals surface area contributed by atoms with Gasteiger partial charge < -0.3 is 15.7 Å². The lowest BCUT2D eigenvalue weighted by molar-refractivity contribution is 0.399.